The number of amides is 12. The van der Waals surface area contributed by atoms with Gasteiger partial charge in [0.05, 0.1) is 39.3 Å². The van der Waals surface area contributed by atoms with Gasteiger partial charge in [0.2, 0.25) is 70.9 Å². The predicted octanol–water partition coefficient (Wildman–Crippen LogP) is 2.50. The summed E-state index contributed by atoms with van der Waals surface area (Å²) < 4.78 is 0. The first-order valence-electron chi connectivity index (χ1n) is 45.5. The molecule has 0 aliphatic heterocycles. The zero-order chi connectivity index (χ0) is 84.1. The van der Waals surface area contributed by atoms with E-state index in [-0.39, 0.29) is 65.0 Å². The van der Waals surface area contributed by atoms with E-state index in [0.29, 0.717) is 142 Å². The van der Waals surface area contributed by atoms with Gasteiger partial charge in [-0.25, -0.2) is 0 Å². The Balaban J connectivity index is 4.62. The Morgan fingerprint density at radius 1 is 0.211 bits per heavy atom. The average molecular weight is 1620 g/mol. The molecule has 0 radical (unpaired) electrons. The normalized spacial score (nSPS) is 12.8. The summed E-state index contributed by atoms with van der Waals surface area (Å²) in [6, 6.07) is -3.63. The van der Waals surface area contributed by atoms with Gasteiger partial charge in [0.15, 0.2) is 0 Å². The zero-order valence-electron chi connectivity index (χ0n) is 71.6. The number of nitrogens with one attached hydrogen (secondary N) is 11. The number of nitrogens with two attached hydrogens (primary N) is 1. The topological polar surface area (TPSA) is 529 Å². The van der Waals surface area contributed by atoms with Crippen LogP contribution in [-0.2, 0) is 57.5 Å². The Hall–Kier alpha value is -6.60. The lowest BCUT2D eigenvalue weighted by Crippen LogP contribution is -2.50. The second-order valence-electron chi connectivity index (χ2n) is 31.4. The third-order valence-electron chi connectivity index (χ3n) is 20.8. The summed E-state index contributed by atoms with van der Waals surface area (Å²) >= 11 is 0. The maximum Gasteiger partial charge on any atom is 0.242 e. The number of carbonyl (C=O) groups excluding carboxylic acids is 12. The number of carbonyl (C=O) groups is 12. The Bertz CT molecular complexity index is 2520. The van der Waals surface area contributed by atoms with E-state index >= 15 is 0 Å². The second kappa shape index (κ2) is 77.6. The highest BCUT2D eigenvalue weighted by atomic mass is 16.2. The van der Waals surface area contributed by atoms with E-state index in [1.54, 1.807) is 0 Å². The molecule has 0 aliphatic rings. The van der Waals surface area contributed by atoms with Gasteiger partial charge >= 0.3 is 0 Å². The van der Waals surface area contributed by atoms with Gasteiger partial charge in [-0.2, -0.15) is 0 Å². The number of rotatable bonds is 82. The number of unbranched alkanes of at least 4 members (excludes halogenated alkanes) is 30. The van der Waals surface area contributed by atoms with E-state index in [1.165, 1.54) is 6.42 Å². The largest absolute Gasteiger partial charge is 0.368 e. The molecular formula is C84H170N18O12+6. The van der Waals surface area contributed by atoms with Gasteiger partial charge in [-0.1, -0.05) is 129 Å². The van der Waals surface area contributed by atoms with Crippen molar-refractivity contribution in [3.8, 4) is 0 Å². The maximum absolute atomic E-state index is 13.4. The third-order valence-corrected chi connectivity index (χ3v) is 20.8. The Morgan fingerprint density at radius 3 is 0.544 bits per heavy atom. The van der Waals surface area contributed by atoms with Crippen molar-refractivity contribution in [3.63, 3.8) is 0 Å². The lowest BCUT2D eigenvalue weighted by Gasteiger charge is -2.19. The summed E-state index contributed by atoms with van der Waals surface area (Å²) in [4.78, 5) is 155. The first kappa shape index (κ1) is 107. The summed E-state index contributed by atoms with van der Waals surface area (Å²) in [5, 5.41) is 32.7. The first-order valence-corrected chi connectivity index (χ1v) is 45.5. The van der Waals surface area contributed by atoms with E-state index in [4.69, 9.17) is 5.73 Å². The molecule has 0 aromatic rings. The number of hydrogen-bond acceptors (Lipinski definition) is 12. The van der Waals surface area contributed by atoms with Gasteiger partial charge < -0.3 is 98.6 Å². The molecule has 0 aliphatic carbocycles. The summed E-state index contributed by atoms with van der Waals surface area (Å²) in [5.41, 5.74) is 28.9. The van der Waals surface area contributed by atoms with E-state index in [1.807, 2.05) is 0 Å². The lowest BCUT2D eigenvalue weighted by atomic mass is 10.1. The monoisotopic (exact) mass is 1620 g/mol. The van der Waals surface area contributed by atoms with E-state index < -0.39 is 42.2 Å². The molecule has 0 fully saturated rings. The third kappa shape index (κ3) is 64.6. The van der Waals surface area contributed by atoms with Crippen molar-refractivity contribution in [2.75, 3.05) is 72.0 Å². The quantitative estimate of drug-likeness (QED) is 0.0391. The molecular weight excluding hydrogens is 1450 g/mol. The van der Waals surface area contributed by atoms with Crippen LogP contribution in [0.1, 0.15) is 354 Å². The highest BCUT2D eigenvalue weighted by Gasteiger charge is 2.26. The van der Waals surface area contributed by atoms with Crippen LogP contribution in [0.3, 0.4) is 0 Å². The number of quaternary nitrogens is 6. The molecule has 0 aromatic carbocycles. The van der Waals surface area contributed by atoms with E-state index in [0.717, 1.165) is 270 Å². The molecule has 662 valence electrons. The van der Waals surface area contributed by atoms with Crippen LogP contribution < -0.4 is 98.6 Å². The van der Waals surface area contributed by atoms with Crippen molar-refractivity contribution in [2.24, 2.45) is 5.73 Å². The first-order chi connectivity index (χ1) is 55.3. The molecule has 0 heterocycles. The van der Waals surface area contributed by atoms with Crippen molar-refractivity contribution in [3.05, 3.63) is 0 Å². The molecule has 0 bridgehead atoms. The van der Waals surface area contributed by atoms with Crippen LogP contribution in [0, 0.1) is 0 Å². The predicted molar refractivity (Wildman–Crippen MR) is 447 cm³/mol. The van der Waals surface area contributed by atoms with Gasteiger partial charge in [-0.05, 0) is 186 Å². The molecule has 0 saturated carbocycles. The average Bonchev–Trinajstić information content (AvgIpc) is 0.952. The minimum atomic E-state index is -0.649. The summed E-state index contributed by atoms with van der Waals surface area (Å²) in [6.45, 7) is 9.21. The molecule has 0 aromatic heterocycles. The van der Waals surface area contributed by atoms with Crippen molar-refractivity contribution in [1.82, 2.24) is 58.5 Å². The van der Waals surface area contributed by atoms with Crippen LogP contribution in [0.5, 0.6) is 0 Å². The van der Waals surface area contributed by atoms with Crippen molar-refractivity contribution >= 4 is 70.9 Å². The van der Waals surface area contributed by atoms with Crippen LogP contribution >= 0.6 is 0 Å². The van der Waals surface area contributed by atoms with Crippen LogP contribution in [0.25, 0.3) is 0 Å². The fourth-order valence-corrected chi connectivity index (χ4v) is 13.6. The lowest BCUT2D eigenvalue weighted by molar-refractivity contribution is -0.368. The Morgan fingerprint density at radius 2 is 0.368 bits per heavy atom. The van der Waals surface area contributed by atoms with Gasteiger partial charge in [0, 0.05) is 71.2 Å². The summed E-state index contributed by atoms with van der Waals surface area (Å²) in [7, 11) is 0. The summed E-state index contributed by atoms with van der Waals surface area (Å²) in [5.74, 6) is -2.22. The molecule has 6 atom stereocenters. The smallest absolute Gasteiger partial charge is 0.242 e. The zero-order valence-corrected chi connectivity index (χ0v) is 71.6. The SMILES string of the molecule is CCCCCCCC(=O)NC(CCCC[NH3+])C(=O)NCCCCCCCC(=O)NC(CCCC[NH3+])C(=O)NCCCCCCCC(=O)NC(CCCC[NH3+])C(=O)NCCCCCCCC(=O)NC(CCCC[NH3+])C(=O)NCCCCCCCC(=O)NC(CCCC[NH3+])C(=O)NCCCCCCCC(=O)NC(CCCC[NH3+])C(N)=O. The molecule has 0 saturated heterocycles. The molecule has 6 unspecified atom stereocenters. The second-order valence-corrected chi connectivity index (χ2v) is 31.4. The van der Waals surface area contributed by atoms with Crippen molar-refractivity contribution in [2.45, 2.75) is 390 Å². The Labute approximate surface area is 685 Å². The van der Waals surface area contributed by atoms with Gasteiger partial charge in [0.25, 0.3) is 0 Å². The summed E-state index contributed by atoms with van der Waals surface area (Å²) in [6.07, 6.45) is 41.0. The number of primary amides is 1. The minimum Gasteiger partial charge on any atom is -0.368 e. The highest BCUT2D eigenvalue weighted by Crippen LogP contribution is 2.15. The fraction of sp³-hybridized carbons (Fsp3) is 0.857. The molecule has 114 heavy (non-hydrogen) atoms. The molecule has 30 nitrogen and oxygen atoms in total. The van der Waals surface area contributed by atoms with Crippen LogP contribution in [0.15, 0.2) is 0 Å². The van der Waals surface area contributed by atoms with Gasteiger partial charge in [-0.15, -0.1) is 0 Å². The molecule has 31 N–H and O–H groups in total. The minimum absolute atomic E-state index is 0.0638. The molecule has 0 rings (SSSR count). The molecule has 0 spiro atoms. The van der Waals surface area contributed by atoms with Crippen molar-refractivity contribution < 1.29 is 91.9 Å². The van der Waals surface area contributed by atoms with E-state index in [2.05, 4.69) is 99.8 Å². The van der Waals surface area contributed by atoms with Gasteiger partial charge in [-0.3, -0.25) is 57.5 Å². The highest BCUT2D eigenvalue weighted by molar-refractivity contribution is 5.90. The molecule has 30 heteroatoms. The van der Waals surface area contributed by atoms with E-state index in [9.17, 15) is 57.5 Å². The van der Waals surface area contributed by atoms with Crippen LogP contribution in [-0.4, -0.2) is 179 Å². The maximum atomic E-state index is 13.4. The standard InChI is InChI=1S/C84H164N18O12/c1-2-3-4-10-21-51-74(104)98-68(45-28-34-57-86)80(110)92-63-40-17-6-12-23-53-76(106)100-70(47-30-36-59-88)82(112)94-65-42-19-8-14-25-55-78(108)102-72(49-32-38-61-90)84(114)96-66-43-20-9-15-26-54-77(107)101-71(48-31-37-60-89)83(113)95-64-41-18-7-13-24-52-75(105)99-69(46-29-35-58-87)81(111)93-62-39-16-5-11-22-50-73(103)97-67(79(91)109)44-27-33-56-85/h67-72H,2-66,85-90H2,1H3,(H2,91,109)(H,92,110)(H,93,111)(H,94,112)(H,95,113)(H,96,114)(H,97,103)(H,98,104)(H,99,105)(H,100,106)(H,101,107)(H,102,108)/p+6. The van der Waals surface area contributed by atoms with Crippen LogP contribution in [0.2, 0.25) is 0 Å². The fourth-order valence-electron chi connectivity index (χ4n) is 13.6. The van der Waals surface area contributed by atoms with Gasteiger partial charge in [0.1, 0.15) is 36.3 Å². The van der Waals surface area contributed by atoms with Crippen LogP contribution in [0.4, 0.5) is 0 Å². The molecule has 12 amide bonds. The number of hydrogen-bond donors (Lipinski definition) is 18. The van der Waals surface area contributed by atoms with Crippen molar-refractivity contribution in [1.29, 1.82) is 0 Å². The Kier molecular flexibility index (Phi) is 73.1.